The molecule has 0 saturated heterocycles. The van der Waals surface area contributed by atoms with Gasteiger partial charge in [0.15, 0.2) is 5.67 Å². The number of anilines is 2. The highest BCUT2D eigenvalue weighted by molar-refractivity contribution is 5.89. The summed E-state index contributed by atoms with van der Waals surface area (Å²) >= 11 is 0. The van der Waals surface area contributed by atoms with Gasteiger partial charge in [0, 0.05) is 33.6 Å². The lowest BCUT2D eigenvalue weighted by Crippen LogP contribution is -2.51. The Balaban J connectivity index is 1.64. The largest absolute Gasteiger partial charge is 0.355 e. The highest BCUT2D eigenvalue weighted by Gasteiger charge is 2.62. The molecule has 0 unspecified atom stereocenters. The molecule has 1 spiro atoms. The molecule has 1 N–H and O–H groups in total. The summed E-state index contributed by atoms with van der Waals surface area (Å²) in [5.41, 5.74) is 8.23. The monoisotopic (exact) mass is 431 g/mol. The van der Waals surface area contributed by atoms with Crippen molar-refractivity contribution in [2.24, 2.45) is 5.41 Å². The Bertz CT molecular complexity index is 1430. The van der Waals surface area contributed by atoms with Crippen LogP contribution in [0.25, 0.3) is 0 Å². The van der Waals surface area contributed by atoms with Gasteiger partial charge in [-0.15, -0.1) is 0 Å². The molecular formula is C31H26FN. The Morgan fingerprint density at radius 2 is 1.27 bits per heavy atom. The topological polar surface area (TPSA) is 12.0 Å². The molecule has 4 aliphatic rings. The van der Waals surface area contributed by atoms with Crippen LogP contribution in [-0.4, -0.2) is 0 Å². The van der Waals surface area contributed by atoms with Crippen LogP contribution < -0.4 is 5.32 Å². The van der Waals surface area contributed by atoms with Gasteiger partial charge in [0.1, 0.15) is 0 Å². The van der Waals surface area contributed by atoms with Crippen molar-refractivity contribution >= 4 is 11.4 Å². The van der Waals surface area contributed by atoms with Crippen LogP contribution >= 0.6 is 0 Å². The molecule has 1 heterocycles. The number of hydrogen-bond acceptors (Lipinski definition) is 1. The minimum atomic E-state index is -1.65. The molecule has 2 heteroatoms. The number of fused-ring (bicyclic) bond motifs is 1. The molecule has 1 nitrogen and oxygen atoms in total. The van der Waals surface area contributed by atoms with Gasteiger partial charge in [-0.05, 0) is 46.2 Å². The summed E-state index contributed by atoms with van der Waals surface area (Å²) in [5, 5.41) is 3.70. The number of nitrogens with one attached hydrogen (secondary N) is 1. The molecule has 33 heavy (non-hydrogen) atoms. The van der Waals surface area contributed by atoms with Crippen LogP contribution in [-0.2, 0) is 17.5 Å². The minimum Gasteiger partial charge on any atom is -0.355 e. The van der Waals surface area contributed by atoms with Gasteiger partial charge in [-0.25, -0.2) is 4.39 Å². The molecule has 0 radical (unpaired) electrons. The van der Waals surface area contributed by atoms with Crippen LogP contribution in [0.3, 0.4) is 0 Å². The Hall–Kier alpha value is -3.39. The Morgan fingerprint density at radius 3 is 1.91 bits per heavy atom. The maximum atomic E-state index is 17.4. The Kier molecular flexibility index (Phi) is 3.44. The van der Waals surface area contributed by atoms with Crippen LogP contribution in [0, 0.1) is 5.41 Å². The van der Waals surface area contributed by atoms with E-state index in [1.807, 2.05) is 36.4 Å². The fourth-order valence-electron chi connectivity index (χ4n) is 6.73. The van der Waals surface area contributed by atoms with Crippen molar-refractivity contribution in [2.75, 3.05) is 5.32 Å². The second kappa shape index (κ2) is 5.94. The van der Waals surface area contributed by atoms with E-state index in [-0.39, 0.29) is 5.41 Å². The summed E-state index contributed by atoms with van der Waals surface area (Å²) in [4.78, 5) is 0. The molecule has 0 saturated carbocycles. The van der Waals surface area contributed by atoms with E-state index in [2.05, 4.69) is 74.6 Å². The summed E-state index contributed by atoms with van der Waals surface area (Å²) in [6.07, 6.45) is 1.00. The average Bonchev–Trinajstić information content (AvgIpc) is 2.80. The fourth-order valence-corrected chi connectivity index (χ4v) is 6.73. The van der Waals surface area contributed by atoms with Crippen molar-refractivity contribution in [2.45, 2.75) is 38.3 Å². The molecule has 4 aromatic carbocycles. The number of rotatable bonds is 1. The Morgan fingerprint density at radius 1 is 0.667 bits per heavy atom. The lowest BCUT2D eigenvalue weighted by molar-refractivity contribution is 0.250. The van der Waals surface area contributed by atoms with E-state index < -0.39 is 11.1 Å². The van der Waals surface area contributed by atoms with E-state index in [0.717, 1.165) is 51.2 Å². The molecule has 0 aromatic heterocycles. The van der Waals surface area contributed by atoms with E-state index in [1.54, 1.807) is 0 Å². The van der Waals surface area contributed by atoms with E-state index >= 15 is 4.39 Å². The van der Waals surface area contributed by atoms with Crippen molar-refractivity contribution in [3.05, 3.63) is 129 Å². The third-order valence-corrected chi connectivity index (χ3v) is 7.71. The summed E-state index contributed by atoms with van der Waals surface area (Å²) in [5.74, 6) is 0. The lowest BCUT2D eigenvalue weighted by atomic mass is 9.48. The zero-order valence-corrected chi connectivity index (χ0v) is 19.2. The van der Waals surface area contributed by atoms with Crippen LogP contribution in [0.1, 0.15) is 65.3 Å². The molecular weight excluding hydrogens is 405 g/mol. The van der Waals surface area contributed by atoms with Crippen molar-refractivity contribution in [3.63, 3.8) is 0 Å². The molecule has 4 aromatic rings. The van der Waals surface area contributed by atoms with Gasteiger partial charge < -0.3 is 5.32 Å². The van der Waals surface area contributed by atoms with Crippen molar-refractivity contribution in [3.8, 4) is 0 Å². The number of halogens is 1. The quantitative estimate of drug-likeness (QED) is 0.288. The molecule has 0 atom stereocenters. The predicted molar refractivity (Wildman–Crippen MR) is 132 cm³/mol. The number of alkyl halides is 1. The standard InChI is InChI=1S/C31H26FN/c1-29(2,3)18-19-15-16-24-27(17-19)33-26-14-8-13-25-28(26)30(24)20-9-4-6-11-22(20)31(25,32)23-12-7-5-10-21(23)30/h4-17,33H,18H2,1-3H3. The van der Waals surface area contributed by atoms with Gasteiger partial charge in [0.05, 0.1) is 5.41 Å². The first-order valence-corrected chi connectivity index (χ1v) is 11.8. The summed E-state index contributed by atoms with van der Waals surface area (Å²) in [6, 6.07) is 29.2. The van der Waals surface area contributed by atoms with Gasteiger partial charge in [-0.2, -0.15) is 0 Å². The van der Waals surface area contributed by atoms with Crippen LogP contribution in [0.5, 0.6) is 0 Å². The van der Waals surface area contributed by atoms with Crippen LogP contribution in [0.4, 0.5) is 15.8 Å². The second-order valence-electron chi connectivity index (χ2n) is 11.0. The average molecular weight is 432 g/mol. The maximum absolute atomic E-state index is 17.4. The molecule has 8 rings (SSSR count). The normalized spacial score (nSPS) is 23.2. The van der Waals surface area contributed by atoms with Crippen LogP contribution in [0.15, 0.2) is 84.9 Å². The summed E-state index contributed by atoms with van der Waals surface area (Å²) in [6.45, 7) is 6.82. The van der Waals surface area contributed by atoms with Gasteiger partial charge in [0.25, 0.3) is 0 Å². The van der Waals surface area contributed by atoms with Gasteiger partial charge in [0.2, 0.25) is 0 Å². The molecule has 0 fully saturated rings. The van der Waals surface area contributed by atoms with E-state index in [1.165, 1.54) is 11.1 Å². The first-order valence-electron chi connectivity index (χ1n) is 11.8. The van der Waals surface area contributed by atoms with Crippen molar-refractivity contribution in [1.29, 1.82) is 0 Å². The number of benzene rings is 4. The fraction of sp³-hybridized carbons (Fsp3) is 0.226. The predicted octanol–water partition coefficient (Wildman–Crippen LogP) is 7.60. The van der Waals surface area contributed by atoms with Crippen LogP contribution in [0.2, 0.25) is 0 Å². The van der Waals surface area contributed by atoms with Gasteiger partial charge in [-0.3, -0.25) is 0 Å². The summed E-state index contributed by atoms with van der Waals surface area (Å²) in [7, 11) is 0. The molecule has 162 valence electrons. The smallest absolute Gasteiger partial charge is 0.187 e. The second-order valence-corrected chi connectivity index (χ2v) is 11.0. The van der Waals surface area contributed by atoms with E-state index in [0.29, 0.717) is 0 Å². The zero-order valence-electron chi connectivity index (χ0n) is 19.2. The van der Waals surface area contributed by atoms with E-state index in [9.17, 15) is 0 Å². The van der Waals surface area contributed by atoms with Gasteiger partial charge in [-0.1, -0.05) is 93.6 Å². The van der Waals surface area contributed by atoms with Crippen molar-refractivity contribution < 1.29 is 4.39 Å². The third-order valence-electron chi connectivity index (χ3n) is 7.71. The molecule has 3 aliphatic carbocycles. The summed E-state index contributed by atoms with van der Waals surface area (Å²) < 4.78 is 17.4. The van der Waals surface area contributed by atoms with Crippen molar-refractivity contribution in [1.82, 2.24) is 0 Å². The zero-order chi connectivity index (χ0) is 22.6. The Labute approximate surface area is 194 Å². The lowest BCUT2D eigenvalue weighted by Gasteiger charge is -2.55. The van der Waals surface area contributed by atoms with E-state index in [4.69, 9.17) is 0 Å². The number of hydrogen-bond donors (Lipinski definition) is 1. The molecule has 0 amide bonds. The molecule has 2 bridgehead atoms. The third kappa shape index (κ3) is 2.17. The highest BCUT2D eigenvalue weighted by atomic mass is 19.1. The minimum absolute atomic E-state index is 0.203. The highest BCUT2D eigenvalue weighted by Crippen LogP contribution is 2.68. The first kappa shape index (κ1) is 19.1. The SMILES string of the molecule is CC(C)(C)Cc1ccc2c(c1)Nc1cccc3c1C21c2ccccc2C3(F)c2ccccc21. The first-order chi connectivity index (χ1) is 15.8. The van der Waals surface area contributed by atoms with Gasteiger partial charge >= 0.3 is 0 Å². The maximum Gasteiger partial charge on any atom is 0.187 e. The molecule has 1 aliphatic heterocycles.